The van der Waals surface area contributed by atoms with E-state index in [1.165, 1.54) is 9.62 Å². The molecule has 5 heteroatoms. The zero-order chi connectivity index (χ0) is 10.3. The molecule has 0 radical (unpaired) electrons. The van der Waals surface area contributed by atoms with Gasteiger partial charge >= 0.3 is 0 Å². The average molecular weight is 203 g/mol. The van der Waals surface area contributed by atoms with E-state index in [0.29, 0.717) is 38.0 Å². The van der Waals surface area contributed by atoms with Gasteiger partial charge in [-0.05, 0) is 24.9 Å². The molecule has 0 amide bonds. The van der Waals surface area contributed by atoms with Gasteiger partial charge in [-0.15, -0.1) is 0 Å². The molecule has 2 atom stereocenters. The summed E-state index contributed by atoms with van der Waals surface area (Å²) >= 11 is 0. The van der Waals surface area contributed by atoms with Gasteiger partial charge in [0.25, 0.3) is 0 Å². The van der Waals surface area contributed by atoms with Crippen molar-refractivity contribution in [3.8, 4) is 0 Å². The highest BCUT2D eigenvalue weighted by molar-refractivity contribution is 7.92. The molecule has 0 spiro atoms. The first-order chi connectivity index (χ1) is 6.53. The maximum Gasteiger partial charge on any atom is 0.235 e. The zero-order valence-corrected chi connectivity index (χ0v) is 8.20. The molecule has 13 heavy (non-hydrogen) atoms. The summed E-state index contributed by atoms with van der Waals surface area (Å²) in [6.07, 6.45) is 0. The number of fused-ring (bicyclic) bond motifs is 1. The third-order valence-electron chi connectivity index (χ3n) is 2.84. The van der Waals surface area contributed by atoms with Gasteiger partial charge < -0.3 is 5.31 Å². The van der Waals surface area contributed by atoms with E-state index >= 15 is 0 Å². The fraction of sp³-hybridized carbons (Fsp3) is 0.750. The van der Waals surface area contributed by atoms with Crippen molar-refractivity contribution in [1.82, 2.24) is 9.62 Å². The van der Waals surface area contributed by atoms with Crippen LogP contribution in [0.2, 0.25) is 1.41 Å². The van der Waals surface area contributed by atoms with Gasteiger partial charge in [0.15, 0.2) is 0 Å². The first-order valence-corrected chi connectivity index (χ1v) is 5.89. The van der Waals surface area contributed by atoms with Crippen molar-refractivity contribution in [2.75, 3.05) is 26.2 Å². The quantitative estimate of drug-likeness (QED) is 0.665. The minimum atomic E-state index is -3.24. The van der Waals surface area contributed by atoms with Gasteiger partial charge in [-0.25, -0.2) is 8.42 Å². The minimum absolute atomic E-state index is 0.335. The third-order valence-corrected chi connectivity index (χ3v) is 4.28. The lowest BCUT2D eigenvalue weighted by Gasteiger charge is -2.13. The number of rotatable bonds is 2. The second-order valence-electron chi connectivity index (χ2n) is 3.64. The Labute approximate surface area is 80.1 Å². The maximum atomic E-state index is 11.5. The van der Waals surface area contributed by atoms with Crippen LogP contribution in [0.4, 0.5) is 0 Å². The van der Waals surface area contributed by atoms with Crippen molar-refractivity contribution in [1.29, 1.82) is 0 Å². The number of hydrogen-bond acceptors (Lipinski definition) is 3. The summed E-state index contributed by atoms with van der Waals surface area (Å²) in [6.45, 7) is 5.79. The van der Waals surface area contributed by atoms with Crippen LogP contribution < -0.4 is 5.31 Å². The number of sulfonamides is 1. The Morgan fingerprint density at radius 1 is 1.46 bits per heavy atom. The van der Waals surface area contributed by atoms with Crippen LogP contribution in [0.15, 0.2) is 12.0 Å². The van der Waals surface area contributed by atoms with E-state index in [2.05, 4.69) is 6.58 Å². The van der Waals surface area contributed by atoms with Crippen LogP contribution in [-0.2, 0) is 10.0 Å². The first kappa shape index (κ1) is 7.96. The summed E-state index contributed by atoms with van der Waals surface area (Å²) in [6, 6.07) is 0. The average Bonchev–Trinajstić information content (AvgIpc) is 2.61. The number of hydrogen-bond donors (Lipinski definition) is 1. The molecule has 2 aliphatic heterocycles. The first-order valence-electron chi connectivity index (χ1n) is 4.84. The van der Waals surface area contributed by atoms with E-state index in [0.717, 1.165) is 5.41 Å². The van der Waals surface area contributed by atoms with Crippen LogP contribution >= 0.6 is 0 Å². The van der Waals surface area contributed by atoms with E-state index in [1.54, 1.807) is 0 Å². The maximum absolute atomic E-state index is 11.5. The molecule has 2 saturated heterocycles. The molecule has 74 valence electrons. The van der Waals surface area contributed by atoms with Gasteiger partial charge in [-0.3, -0.25) is 0 Å². The molecular formula is C8H14N2O2S. The summed E-state index contributed by atoms with van der Waals surface area (Å²) in [4.78, 5) is 0. The minimum Gasteiger partial charge on any atom is -0.316 e. The van der Waals surface area contributed by atoms with Crippen molar-refractivity contribution >= 4 is 10.0 Å². The van der Waals surface area contributed by atoms with Crippen LogP contribution in [-0.4, -0.2) is 38.9 Å². The van der Waals surface area contributed by atoms with E-state index < -0.39 is 10.0 Å². The SMILES string of the molecule is [2H]N1C[C@@H]2CN(S(=O)(=O)C=C)C[C@@H]2C1. The summed E-state index contributed by atoms with van der Waals surface area (Å²) in [5.41, 5.74) is 0. The van der Waals surface area contributed by atoms with Crippen LogP contribution in [0.25, 0.3) is 0 Å². The number of nitrogens with zero attached hydrogens (tertiary/aromatic N) is 1. The fourth-order valence-electron chi connectivity index (χ4n) is 2.03. The summed E-state index contributed by atoms with van der Waals surface area (Å²) < 4.78 is 31.8. The van der Waals surface area contributed by atoms with E-state index in [4.69, 9.17) is 1.41 Å². The van der Waals surface area contributed by atoms with Crippen molar-refractivity contribution < 1.29 is 9.83 Å². The molecule has 2 heterocycles. The number of nitrogens with one attached hydrogen (secondary N) is 1. The summed E-state index contributed by atoms with van der Waals surface area (Å²) in [5, 5.41) is 2.53. The smallest absolute Gasteiger partial charge is 0.235 e. The van der Waals surface area contributed by atoms with Gasteiger partial charge in [-0.2, -0.15) is 4.31 Å². The molecule has 0 saturated carbocycles. The van der Waals surface area contributed by atoms with Gasteiger partial charge in [0.1, 0.15) is 1.41 Å². The fourth-order valence-corrected chi connectivity index (χ4v) is 3.04. The normalized spacial score (nSPS) is 37.4. The zero-order valence-electron chi connectivity index (χ0n) is 8.39. The molecule has 2 fully saturated rings. The van der Waals surface area contributed by atoms with E-state index in [1.807, 2.05) is 0 Å². The molecule has 0 unspecified atom stereocenters. The Balaban J connectivity index is 2.08. The molecule has 0 aromatic rings. The van der Waals surface area contributed by atoms with Crippen molar-refractivity contribution in [2.24, 2.45) is 11.8 Å². The second-order valence-corrected chi connectivity index (χ2v) is 5.52. The highest BCUT2D eigenvalue weighted by Gasteiger charge is 2.39. The summed E-state index contributed by atoms with van der Waals surface area (Å²) in [5.74, 6) is 0.671. The van der Waals surface area contributed by atoms with Crippen LogP contribution in [0.3, 0.4) is 0 Å². The van der Waals surface area contributed by atoms with Crippen molar-refractivity contribution in [3.05, 3.63) is 12.0 Å². The Hall–Kier alpha value is -0.390. The molecule has 0 bridgehead atoms. The lowest BCUT2D eigenvalue weighted by atomic mass is 10.0. The lowest BCUT2D eigenvalue weighted by Crippen LogP contribution is -2.30. The molecule has 4 nitrogen and oxygen atoms in total. The van der Waals surface area contributed by atoms with Crippen LogP contribution in [0.5, 0.6) is 0 Å². The Kier molecular flexibility index (Phi) is 1.88. The highest BCUT2D eigenvalue weighted by atomic mass is 32.2. The van der Waals surface area contributed by atoms with E-state index in [-0.39, 0.29) is 0 Å². The monoisotopic (exact) mass is 203 g/mol. The molecule has 2 aliphatic rings. The van der Waals surface area contributed by atoms with Crippen molar-refractivity contribution in [2.45, 2.75) is 0 Å². The van der Waals surface area contributed by atoms with Crippen molar-refractivity contribution in [3.63, 3.8) is 0 Å². The second kappa shape index (κ2) is 3.08. The van der Waals surface area contributed by atoms with Gasteiger partial charge in [-0.1, -0.05) is 6.58 Å². The predicted molar refractivity (Wildman–Crippen MR) is 50.5 cm³/mol. The van der Waals surface area contributed by atoms with Crippen LogP contribution in [0, 0.1) is 11.8 Å². The van der Waals surface area contributed by atoms with Gasteiger partial charge in [0.05, 0.1) is 0 Å². The largest absolute Gasteiger partial charge is 0.316 e. The molecule has 0 aromatic carbocycles. The highest BCUT2D eigenvalue weighted by Crippen LogP contribution is 2.28. The Morgan fingerprint density at radius 3 is 2.46 bits per heavy atom. The molecule has 2 rings (SSSR count). The molecule has 0 aromatic heterocycles. The molecule has 1 N–H and O–H groups in total. The lowest BCUT2D eigenvalue weighted by molar-refractivity contribution is 0.455. The third kappa shape index (κ3) is 1.51. The van der Waals surface area contributed by atoms with E-state index in [9.17, 15) is 8.42 Å². The Bertz CT molecular complexity index is 329. The molecular weight excluding hydrogens is 188 g/mol. The predicted octanol–water partition coefficient (Wildman–Crippen LogP) is -0.389. The van der Waals surface area contributed by atoms with Gasteiger partial charge in [0, 0.05) is 18.5 Å². The van der Waals surface area contributed by atoms with Crippen LogP contribution in [0.1, 0.15) is 0 Å². The molecule has 0 aliphatic carbocycles. The standard InChI is InChI=1S/C8H14N2O2S/c1-2-13(11,12)10-5-7-3-9-4-8(7)6-10/h2,7-9H,1,3-6H2/t7-,8+/i/hD. The Morgan fingerprint density at radius 2 is 2.00 bits per heavy atom. The topological polar surface area (TPSA) is 49.4 Å². The summed E-state index contributed by atoms with van der Waals surface area (Å²) in [7, 11) is -3.24. The van der Waals surface area contributed by atoms with Gasteiger partial charge in [0.2, 0.25) is 10.0 Å².